The monoisotopic (exact) mass is 521 g/mol. The molecule has 0 saturated heterocycles. The zero-order valence-electron chi connectivity index (χ0n) is 19.7. The third kappa shape index (κ3) is 6.04. The first-order valence-electron chi connectivity index (χ1n) is 12.1. The molecule has 2 saturated carbocycles. The van der Waals surface area contributed by atoms with E-state index in [0.717, 1.165) is 64.6 Å². The number of aliphatic imine (C=N–C) groups is 2. The molecule has 1 atom stereocenters. The molecule has 192 valence electrons. The molecule has 0 bridgehead atoms. The fourth-order valence-corrected chi connectivity index (χ4v) is 5.70. The Bertz CT molecular complexity index is 1240. The molecule has 3 aliphatic carbocycles. The lowest BCUT2D eigenvalue weighted by atomic mass is 9.90. The highest BCUT2D eigenvalue weighted by atomic mass is 32.1. The van der Waals surface area contributed by atoms with Gasteiger partial charge in [-0.2, -0.15) is 4.99 Å². The molecule has 12 heteroatoms. The SMILES string of the molecule is Cn1nc(OC(F)(F)F)cc1N=C=N[C@H]1CCc2sc(CC(=O)C3CC3)c(C(=O)NCC3CC3)c2C1. The van der Waals surface area contributed by atoms with E-state index < -0.39 is 12.2 Å². The Morgan fingerprint density at radius 2 is 2.06 bits per heavy atom. The van der Waals surface area contributed by atoms with E-state index in [1.54, 1.807) is 11.3 Å². The minimum atomic E-state index is -4.84. The number of nitrogens with zero attached hydrogens (tertiary/aromatic N) is 4. The van der Waals surface area contributed by atoms with Gasteiger partial charge in [0, 0.05) is 41.8 Å². The lowest BCUT2D eigenvalue weighted by Gasteiger charge is -2.19. The van der Waals surface area contributed by atoms with Crippen molar-refractivity contribution in [1.29, 1.82) is 0 Å². The summed E-state index contributed by atoms with van der Waals surface area (Å²) in [6, 6.07) is 3.45. The second-order valence-electron chi connectivity index (χ2n) is 9.62. The van der Waals surface area contributed by atoms with Crippen molar-refractivity contribution < 1.29 is 27.5 Å². The van der Waals surface area contributed by atoms with Crippen molar-refractivity contribution in [2.75, 3.05) is 6.54 Å². The Balaban J connectivity index is 1.33. The number of rotatable bonds is 9. The van der Waals surface area contributed by atoms with Crippen molar-refractivity contribution >= 4 is 34.9 Å². The van der Waals surface area contributed by atoms with Gasteiger partial charge in [-0.05, 0) is 56.4 Å². The fraction of sp³-hybridized carbons (Fsp3) is 0.583. The molecule has 3 aliphatic rings. The first-order chi connectivity index (χ1) is 17.2. The van der Waals surface area contributed by atoms with E-state index in [2.05, 4.69) is 31.1 Å². The average molecular weight is 522 g/mol. The van der Waals surface area contributed by atoms with Crippen molar-refractivity contribution in [2.45, 2.75) is 63.8 Å². The molecule has 8 nitrogen and oxygen atoms in total. The fourth-order valence-electron chi connectivity index (χ4n) is 4.34. The number of nitrogens with one attached hydrogen (secondary N) is 1. The van der Waals surface area contributed by atoms with Gasteiger partial charge in [0.15, 0.2) is 5.82 Å². The van der Waals surface area contributed by atoms with Crippen LogP contribution in [0.15, 0.2) is 16.1 Å². The first-order valence-corrected chi connectivity index (χ1v) is 12.9. The number of alkyl halides is 3. The van der Waals surface area contributed by atoms with Crippen LogP contribution in [-0.4, -0.2) is 46.4 Å². The number of carbonyl (C=O) groups is 2. The summed E-state index contributed by atoms with van der Waals surface area (Å²) in [7, 11) is 1.44. The van der Waals surface area contributed by atoms with Gasteiger partial charge in [-0.25, -0.2) is 9.67 Å². The predicted molar refractivity (Wildman–Crippen MR) is 126 cm³/mol. The van der Waals surface area contributed by atoms with Gasteiger partial charge in [-0.1, -0.05) is 0 Å². The molecular weight excluding hydrogens is 495 g/mol. The minimum absolute atomic E-state index is 0.117. The Morgan fingerprint density at radius 1 is 1.28 bits per heavy atom. The second-order valence-corrected chi connectivity index (χ2v) is 10.8. The molecule has 1 amide bonds. The summed E-state index contributed by atoms with van der Waals surface area (Å²) in [6.07, 6.45) is 1.56. The predicted octanol–water partition coefficient (Wildman–Crippen LogP) is 4.40. The molecule has 0 aromatic carbocycles. The van der Waals surface area contributed by atoms with E-state index in [1.165, 1.54) is 7.05 Å². The smallest absolute Gasteiger partial charge is 0.386 e. The summed E-state index contributed by atoms with van der Waals surface area (Å²) >= 11 is 1.56. The number of hydrogen-bond donors (Lipinski definition) is 1. The summed E-state index contributed by atoms with van der Waals surface area (Å²) in [6.45, 7) is 0.651. The average Bonchev–Trinajstić information content (AvgIpc) is 3.72. The highest BCUT2D eigenvalue weighted by Gasteiger charge is 2.35. The van der Waals surface area contributed by atoms with Crippen LogP contribution >= 0.6 is 11.3 Å². The molecule has 2 aromatic rings. The first kappa shape index (κ1) is 24.7. The number of amides is 1. The number of ketones is 1. The maximum Gasteiger partial charge on any atom is 0.574 e. The molecule has 0 aliphatic heterocycles. The lowest BCUT2D eigenvalue weighted by molar-refractivity contribution is -0.276. The van der Waals surface area contributed by atoms with Gasteiger partial charge in [0.2, 0.25) is 5.88 Å². The van der Waals surface area contributed by atoms with Crippen molar-refractivity contribution in [3.63, 3.8) is 0 Å². The van der Waals surface area contributed by atoms with Gasteiger partial charge >= 0.3 is 6.36 Å². The van der Waals surface area contributed by atoms with Crippen LogP contribution in [0, 0.1) is 11.8 Å². The number of thiophene rings is 1. The third-order valence-corrected chi connectivity index (χ3v) is 7.90. The van der Waals surface area contributed by atoms with E-state index in [1.807, 2.05) is 0 Å². The van der Waals surface area contributed by atoms with Crippen molar-refractivity contribution in [3.05, 3.63) is 26.9 Å². The van der Waals surface area contributed by atoms with Crippen LogP contribution < -0.4 is 10.1 Å². The number of fused-ring (bicyclic) bond motifs is 1. The summed E-state index contributed by atoms with van der Waals surface area (Å²) in [5, 5.41) is 6.68. The molecule has 1 N–H and O–H groups in total. The summed E-state index contributed by atoms with van der Waals surface area (Å²) in [5.41, 5.74) is 1.57. The normalized spacial score (nSPS) is 19.3. The molecule has 36 heavy (non-hydrogen) atoms. The van der Waals surface area contributed by atoms with Crippen molar-refractivity contribution in [3.8, 4) is 5.88 Å². The van der Waals surface area contributed by atoms with Crippen LogP contribution in [-0.2, 0) is 31.1 Å². The summed E-state index contributed by atoms with van der Waals surface area (Å²) in [5.74, 6) is 0.268. The number of ether oxygens (including phenoxy) is 1. The Morgan fingerprint density at radius 3 is 2.75 bits per heavy atom. The summed E-state index contributed by atoms with van der Waals surface area (Å²) in [4.78, 5) is 36.0. The molecule has 2 fully saturated rings. The quantitative estimate of drug-likeness (QED) is 0.495. The molecular formula is C24H26F3N5O3S. The third-order valence-electron chi connectivity index (χ3n) is 6.61. The number of hydrogen-bond acceptors (Lipinski definition) is 7. The zero-order chi connectivity index (χ0) is 25.4. The van der Waals surface area contributed by atoms with E-state index >= 15 is 0 Å². The number of carbonyl (C=O) groups excluding carboxylic acids is 2. The maximum absolute atomic E-state index is 13.2. The van der Waals surface area contributed by atoms with Crippen molar-refractivity contribution in [1.82, 2.24) is 15.1 Å². The maximum atomic E-state index is 13.2. The summed E-state index contributed by atoms with van der Waals surface area (Å²) < 4.78 is 42.2. The van der Waals surface area contributed by atoms with Gasteiger partial charge < -0.3 is 10.1 Å². The largest absolute Gasteiger partial charge is 0.574 e. The molecule has 0 spiro atoms. The zero-order valence-corrected chi connectivity index (χ0v) is 20.5. The Kier molecular flexibility index (Phi) is 6.74. The van der Waals surface area contributed by atoms with E-state index in [0.29, 0.717) is 30.9 Å². The Hall–Kier alpha value is -2.98. The van der Waals surface area contributed by atoms with Gasteiger partial charge in [-0.15, -0.1) is 29.6 Å². The molecule has 0 unspecified atom stereocenters. The van der Waals surface area contributed by atoms with Crippen LogP contribution in [0.25, 0.3) is 0 Å². The highest BCUT2D eigenvalue weighted by Crippen LogP contribution is 2.38. The van der Waals surface area contributed by atoms with Crippen LogP contribution in [0.1, 0.15) is 57.8 Å². The van der Waals surface area contributed by atoms with Gasteiger partial charge in [0.1, 0.15) is 5.78 Å². The molecule has 0 radical (unpaired) electrons. The van der Waals surface area contributed by atoms with E-state index in [9.17, 15) is 22.8 Å². The standard InChI is InChI=1S/C24H26F3N5O3S/c1-32-20(10-21(31-32)35-24(25,26)27)30-12-29-15-6-7-18-16(8-15)22(23(34)28-11-13-2-3-13)19(36-18)9-17(33)14-4-5-14/h10,13-15H,2-9,11H2,1H3,(H,28,34)/t15-/m0/s1. The molecule has 5 rings (SSSR count). The van der Waals surface area contributed by atoms with Crippen LogP contribution in [0.5, 0.6) is 5.88 Å². The van der Waals surface area contributed by atoms with Gasteiger partial charge in [-0.3, -0.25) is 9.59 Å². The van der Waals surface area contributed by atoms with Crippen LogP contribution in [0.3, 0.4) is 0 Å². The van der Waals surface area contributed by atoms with Crippen molar-refractivity contribution in [2.24, 2.45) is 28.9 Å². The van der Waals surface area contributed by atoms with E-state index in [-0.39, 0.29) is 29.5 Å². The molecule has 2 heterocycles. The second kappa shape index (κ2) is 9.82. The van der Waals surface area contributed by atoms with Crippen LogP contribution in [0.4, 0.5) is 19.0 Å². The van der Waals surface area contributed by atoms with E-state index in [4.69, 9.17) is 0 Å². The number of Topliss-reactive ketones (excluding diaryl/α,β-unsaturated/α-hetero) is 1. The number of halogens is 3. The Labute approximate surface area is 209 Å². The van der Waals surface area contributed by atoms with Gasteiger partial charge in [0.05, 0.1) is 17.6 Å². The molecule has 2 aromatic heterocycles. The topological polar surface area (TPSA) is 97.9 Å². The number of aromatic nitrogens is 2. The lowest BCUT2D eigenvalue weighted by Crippen LogP contribution is -2.28. The van der Waals surface area contributed by atoms with Crippen LogP contribution in [0.2, 0.25) is 0 Å². The number of aryl methyl sites for hydroxylation is 2. The highest BCUT2D eigenvalue weighted by molar-refractivity contribution is 7.12. The van der Waals surface area contributed by atoms with Gasteiger partial charge in [0.25, 0.3) is 5.91 Å². The minimum Gasteiger partial charge on any atom is -0.386 e.